The van der Waals surface area contributed by atoms with Crippen LogP contribution in [0.3, 0.4) is 0 Å². The van der Waals surface area contributed by atoms with Crippen molar-refractivity contribution in [1.82, 2.24) is 0 Å². The molecule has 0 amide bonds. The summed E-state index contributed by atoms with van der Waals surface area (Å²) in [5, 5.41) is 0.482. The maximum atomic E-state index is 13.2. The summed E-state index contributed by atoms with van der Waals surface area (Å²) in [6.45, 7) is 0. The number of hydrogen-bond acceptors (Lipinski definition) is 4. The topological polar surface area (TPSA) is 80.3 Å². The van der Waals surface area contributed by atoms with Crippen LogP contribution in [0.25, 0.3) is 40.3 Å². The van der Waals surface area contributed by atoms with Gasteiger partial charge in [0.1, 0.15) is 44.2 Å². The average molecular weight is 675 g/mol. The van der Waals surface area contributed by atoms with E-state index in [-0.39, 0.29) is 40.3 Å². The molecule has 2 aromatic heterocycles. The van der Waals surface area contributed by atoms with Crippen molar-refractivity contribution in [2.24, 2.45) is 0 Å². The van der Waals surface area contributed by atoms with Crippen molar-refractivity contribution >= 4 is 71.7 Å². The van der Waals surface area contributed by atoms with E-state index in [4.69, 9.17) is 17.5 Å². The molecule has 6 rings (SSSR count). The first kappa shape index (κ1) is 32.4. The SMILES string of the molecule is Fc1ccc2c(c1)c1cc(F)ccc1[s+]2C(F)(F)F.Fc1ccc2c(c1)c1cc(F)ccc1[s+]2C(F)(F)F.O=S(=O)([O-])[O-]. The molecule has 0 aliphatic rings. The van der Waals surface area contributed by atoms with Crippen molar-refractivity contribution in [2.45, 2.75) is 11.0 Å². The molecule has 0 bridgehead atoms. The second-order valence-electron chi connectivity index (χ2n) is 8.47. The number of halogens is 10. The number of rotatable bonds is 0. The summed E-state index contributed by atoms with van der Waals surface area (Å²) < 4.78 is 166. The summed E-state index contributed by atoms with van der Waals surface area (Å²) in [5.74, 6) is -2.55. The van der Waals surface area contributed by atoms with Crippen molar-refractivity contribution in [2.75, 3.05) is 0 Å². The molecule has 0 radical (unpaired) electrons. The highest BCUT2D eigenvalue weighted by Crippen LogP contribution is 2.55. The lowest BCUT2D eigenvalue weighted by molar-refractivity contribution is -0.0871. The van der Waals surface area contributed by atoms with Gasteiger partial charge in [0.2, 0.25) is 0 Å². The molecule has 4 nitrogen and oxygen atoms in total. The van der Waals surface area contributed by atoms with Crippen LogP contribution in [0.15, 0.2) is 72.8 Å². The van der Waals surface area contributed by atoms with Crippen molar-refractivity contribution < 1.29 is 61.4 Å². The molecule has 4 aromatic carbocycles. The van der Waals surface area contributed by atoms with Gasteiger partial charge in [0.05, 0.1) is 21.5 Å². The number of fused-ring (bicyclic) bond motifs is 6. The van der Waals surface area contributed by atoms with Gasteiger partial charge in [-0.2, -0.15) is 0 Å². The molecule has 0 unspecified atom stereocenters. The fraction of sp³-hybridized carbons (Fsp3) is 0.0769. The summed E-state index contributed by atoms with van der Waals surface area (Å²) in [6.07, 6.45) is 0. The van der Waals surface area contributed by atoms with Crippen LogP contribution in [0, 0.1) is 23.3 Å². The largest absolute Gasteiger partial charge is 0.759 e. The zero-order chi connectivity index (χ0) is 32.1. The molecule has 0 saturated heterocycles. The molecule has 17 heteroatoms. The lowest BCUT2D eigenvalue weighted by atomic mass is 10.1. The highest BCUT2D eigenvalue weighted by molar-refractivity contribution is 7.79. The van der Waals surface area contributed by atoms with E-state index in [1.54, 1.807) is 0 Å². The number of benzene rings is 4. The van der Waals surface area contributed by atoms with E-state index < -0.39 is 65.6 Å². The standard InChI is InChI=1S/2C13H6F5S.H2O4S/c2*14-7-1-3-11-9(5-7)10-6-8(15)2-4-12(10)19(11)13(16,17)18;1-5(2,3)4/h2*1-6H;(H2,1,2,3,4)/q2*+1;/p-2. The summed E-state index contributed by atoms with van der Waals surface area (Å²) in [6, 6.07) is 12.5. The maximum absolute atomic E-state index is 13.2. The smallest absolute Gasteiger partial charge is 0.601 e. The molecule has 0 aliphatic heterocycles. The van der Waals surface area contributed by atoms with Gasteiger partial charge in [-0.3, -0.25) is 8.42 Å². The van der Waals surface area contributed by atoms with E-state index in [1.165, 1.54) is 0 Å². The van der Waals surface area contributed by atoms with Gasteiger partial charge in [-0.25, -0.2) is 17.6 Å². The van der Waals surface area contributed by atoms with Gasteiger partial charge in [-0.05, 0) is 48.5 Å². The van der Waals surface area contributed by atoms with Crippen LogP contribution >= 0.6 is 20.9 Å². The number of thiophene rings is 2. The second kappa shape index (κ2) is 11.5. The summed E-state index contributed by atoms with van der Waals surface area (Å²) in [4.78, 5) is 0. The molecular formula is C26H12F10O4S3. The monoisotopic (exact) mass is 674 g/mol. The Morgan fingerprint density at radius 2 is 0.651 bits per heavy atom. The Morgan fingerprint density at radius 1 is 0.465 bits per heavy atom. The van der Waals surface area contributed by atoms with Crippen molar-refractivity contribution in [3.8, 4) is 0 Å². The minimum absolute atomic E-state index is 0.00509. The van der Waals surface area contributed by atoms with Crippen LogP contribution in [0.4, 0.5) is 43.9 Å². The highest BCUT2D eigenvalue weighted by atomic mass is 32.3. The Kier molecular flexibility index (Phi) is 8.69. The maximum Gasteiger partial charge on any atom is 0.601 e. The molecule has 43 heavy (non-hydrogen) atoms. The second-order valence-corrected chi connectivity index (χ2v) is 13.2. The zero-order valence-corrected chi connectivity index (χ0v) is 23.0. The number of alkyl halides is 6. The predicted octanol–water partition coefficient (Wildman–Crippen LogP) is 9.66. The normalized spacial score (nSPS) is 12.4. The molecule has 0 N–H and O–H groups in total. The Balaban J connectivity index is 0.000000171. The van der Waals surface area contributed by atoms with E-state index in [1.807, 2.05) is 0 Å². The zero-order valence-electron chi connectivity index (χ0n) is 20.6. The molecule has 0 atom stereocenters. The van der Waals surface area contributed by atoms with Crippen molar-refractivity contribution in [3.05, 3.63) is 96.1 Å². The van der Waals surface area contributed by atoms with E-state index in [9.17, 15) is 43.9 Å². The highest BCUT2D eigenvalue weighted by Gasteiger charge is 2.48. The van der Waals surface area contributed by atoms with Crippen LogP contribution in [0.1, 0.15) is 0 Å². The van der Waals surface area contributed by atoms with Crippen molar-refractivity contribution in [3.63, 3.8) is 0 Å². The Morgan fingerprint density at radius 3 is 0.814 bits per heavy atom. The fourth-order valence-corrected chi connectivity index (χ4v) is 8.14. The predicted molar refractivity (Wildman–Crippen MR) is 141 cm³/mol. The lowest BCUT2D eigenvalue weighted by Gasteiger charge is -2.06. The lowest BCUT2D eigenvalue weighted by Crippen LogP contribution is -1.95. The van der Waals surface area contributed by atoms with Gasteiger partial charge in [0.15, 0.2) is 18.8 Å². The van der Waals surface area contributed by atoms with Crippen LogP contribution in [-0.2, 0) is 21.4 Å². The van der Waals surface area contributed by atoms with E-state index in [2.05, 4.69) is 0 Å². The molecule has 2 heterocycles. The molecule has 228 valence electrons. The molecular weight excluding hydrogens is 662 g/mol. The average Bonchev–Trinajstić information content (AvgIpc) is 3.35. The van der Waals surface area contributed by atoms with E-state index in [0.29, 0.717) is 0 Å². The summed E-state index contributed by atoms with van der Waals surface area (Å²) >= 11 is 0. The van der Waals surface area contributed by atoms with Crippen LogP contribution < -0.4 is 0 Å². The minimum atomic E-state index is -5.17. The van der Waals surface area contributed by atoms with Gasteiger partial charge < -0.3 is 9.11 Å². The molecule has 0 aliphatic carbocycles. The first-order chi connectivity index (χ1) is 19.8. The third kappa shape index (κ3) is 7.18. The summed E-state index contributed by atoms with van der Waals surface area (Å²) in [5.41, 5.74) is -8.93. The minimum Gasteiger partial charge on any atom is -0.759 e. The Hall–Kier alpha value is -3.51. The van der Waals surface area contributed by atoms with Gasteiger partial charge in [0.25, 0.3) is 0 Å². The van der Waals surface area contributed by atoms with Crippen LogP contribution in [0.5, 0.6) is 0 Å². The van der Waals surface area contributed by atoms with Crippen molar-refractivity contribution in [1.29, 1.82) is 0 Å². The van der Waals surface area contributed by atoms with Gasteiger partial charge >= 0.3 is 11.0 Å². The van der Waals surface area contributed by atoms with Crippen LogP contribution in [0.2, 0.25) is 0 Å². The summed E-state index contributed by atoms with van der Waals surface area (Å²) in [7, 11) is -9.46. The molecule has 6 aromatic rings. The Bertz CT molecular complexity index is 1830. The Labute approximate surface area is 239 Å². The molecule has 0 spiro atoms. The third-order valence-electron chi connectivity index (χ3n) is 5.69. The van der Waals surface area contributed by atoms with Gasteiger partial charge in [0, 0.05) is 34.7 Å². The molecule has 0 fully saturated rings. The van der Waals surface area contributed by atoms with Gasteiger partial charge in [-0.1, -0.05) is 0 Å². The molecule has 0 saturated carbocycles. The van der Waals surface area contributed by atoms with Gasteiger partial charge in [-0.15, -0.1) is 26.3 Å². The fourth-order valence-electron chi connectivity index (χ4n) is 4.30. The van der Waals surface area contributed by atoms with Crippen LogP contribution in [-0.4, -0.2) is 17.5 Å². The quantitative estimate of drug-likeness (QED) is 0.0696. The van der Waals surface area contributed by atoms with E-state index >= 15 is 0 Å². The first-order valence-corrected chi connectivity index (χ1v) is 15.0. The first-order valence-electron chi connectivity index (χ1n) is 11.2. The third-order valence-corrected chi connectivity index (χ3v) is 9.80. The number of hydrogen-bond donors (Lipinski definition) is 0. The van der Waals surface area contributed by atoms with E-state index in [0.717, 1.165) is 72.8 Å².